The van der Waals surface area contributed by atoms with Gasteiger partial charge in [-0.3, -0.25) is 0 Å². The summed E-state index contributed by atoms with van der Waals surface area (Å²) in [6, 6.07) is 60.8. The van der Waals surface area contributed by atoms with Crippen LogP contribution < -0.4 is 0 Å². The second kappa shape index (κ2) is 18.8. The van der Waals surface area contributed by atoms with Crippen LogP contribution >= 0.6 is 0 Å². The van der Waals surface area contributed by atoms with Crippen molar-refractivity contribution in [3.63, 3.8) is 0 Å². The van der Waals surface area contributed by atoms with Crippen molar-refractivity contribution >= 4 is 27.5 Å². The maximum atomic E-state index is 14.8. The molecule has 9 aromatic carbocycles. The topological polar surface area (TPSA) is 58.9 Å². The Morgan fingerprint density at radius 1 is 0.480 bits per heavy atom. The van der Waals surface area contributed by atoms with E-state index in [0.29, 0.717) is 100 Å². The number of hydrogen-bond acceptors (Lipinski definition) is 3. The van der Waals surface area contributed by atoms with Gasteiger partial charge in [0.15, 0.2) is 11.5 Å². The normalized spacial score (nSPS) is 11.7. The third-order valence-corrected chi connectivity index (χ3v) is 13.5. The minimum atomic E-state index is -4.67. The van der Waals surface area contributed by atoms with E-state index in [4.69, 9.17) is 16.5 Å². The highest BCUT2D eigenvalue weighted by atomic mass is 19.4. The predicted octanol–water partition coefficient (Wildman–Crippen LogP) is 18.3. The fourth-order valence-electron chi connectivity index (χ4n) is 9.88. The molecule has 2 aromatic heterocycles. The van der Waals surface area contributed by atoms with Crippen LogP contribution in [0.2, 0.25) is 0 Å². The molecule has 0 unspecified atom stereocenters. The summed E-state index contributed by atoms with van der Waals surface area (Å²) in [5.74, 6) is 0.499. The zero-order chi connectivity index (χ0) is 52.2. The number of hydrogen-bond donors (Lipinski definition) is 0. The Bertz CT molecular complexity index is 3970. The van der Waals surface area contributed by atoms with Crippen molar-refractivity contribution in [1.29, 1.82) is 5.26 Å². The molecule has 0 aliphatic heterocycles. The standard InChI is InChI=1S/C64H39F6N5/c1-38-14-26-51(56(30-38)64(68,69)70)46-22-29-60-55(33-46)54-32-45(50-27-23-48(31-39(50)2)63(65,66)67)21-28-59(54)75(60)61-52(41-17-15-40(37-71)16-18-41)34-47(35-53(61)42-19-24-49(72-3)25-20-42)58-36-57(43-10-6-4-7-11-43)73-62(74-58)44-12-8-5-9-13-44/h4-36H,1-2H3. The van der Waals surface area contributed by atoms with Crippen LogP contribution in [-0.2, 0) is 12.4 Å². The highest BCUT2D eigenvalue weighted by molar-refractivity contribution is 6.13. The number of halogens is 6. The molecule has 0 aliphatic carbocycles. The first-order chi connectivity index (χ1) is 36.1. The van der Waals surface area contributed by atoms with Crippen molar-refractivity contribution in [2.45, 2.75) is 26.2 Å². The Morgan fingerprint density at radius 2 is 1.01 bits per heavy atom. The molecule has 0 amide bonds. The molecule has 362 valence electrons. The Morgan fingerprint density at radius 3 is 1.56 bits per heavy atom. The molecule has 75 heavy (non-hydrogen) atoms. The number of rotatable bonds is 8. The van der Waals surface area contributed by atoms with Crippen LogP contribution in [-0.4, -0.2) is 14.5 Å². The molecule has 0 radical (unpaired) electrons. The summed E-state index contributed by atoms with van der Waals surface area (Å²) in [5, 5.41) is 11.2. The van der Waals surface area contributed by atoms with Crippen molar-refractivity contribution in [3.05, 3.63) is 239 Å². The second-order valence-corrected chi connectivity index (χ2v) is 18.3. The summed E-state index contributed by atoms with van der Waals surface area (Å²) in [6.07, 6.45) is -9.22. The fourth-order valence-corrected chi connectivity index (χ4v) is 9.88. The second-order valence-electron chi connectivity index (χ2n) is 18.3. The van der Waals surface area contributed by atoms with Crippen LogP contribution in [0.15, 0.2) is 200 Å². The van der Waals surface area contributed by atoms with Crippen molar-refractivity contribution in [2.75, 3.05) is 0 Å². The van der Waals surface area contributed by atoms with E-state index < -0.39 is 23.5 Å². The van der Waals surface area contributed by atoms with Gasteiger partial charge in [0.2, 0.25) is 0 Å². The van der Waals surface area contributed by atoms with E-state index in [0.717, 1.165) is 40.5 Å². The Labute approximate surface area is 427 Å². The van der Waals surface area contributed by atoms with Crippen molar-refractivity contribution < 1.29 is 26.3 Å². The van der Waals surface area contributed by atoms with Gasteiger partial charge in [0.25, 0.3) is 0 Å². The lowest BCUT2D eigenvalue weighted by Crippen LogP contribution is -2.07. The van der Waals surface area contributed by atoms with E-state index in [9.17, 15) is 31.6 Å². The smallest absolute Gasteiger partial charge is 0.308 e. The molecule has 0 fully saturated rings. The molecular weight excluding hydrogens is 953 g/mol. The van der Waals surface area contributed by atoms with Crippen LogP contribution in [0.1, 0.15) is 27.8 Å². The van der Waals surface area contributed by atoms with E-state index in [-0.39, 0.29) is 5.56 Å². The number of aromatic nitrogens is 3. The van der Waals surface area contributed by atoms with E-state index in [1.165, 1.54) is 12.1 Å². The lowest BCUT2D eigenvalue weighted by atomic mass is 9.91. The predicted molar refractivity (Wildman–Crippen MR) is 285 cm³/mol. The van der Waals surface area contributed by atoms with Crippen LogP contribution in [0.4, 0.5) is 32.0 Å². The lowest BCUT2D eigenvalue weighted by molar-refractivity contribution is -0.138. The highest BCUT2D eigenvalue weighted by Gasteiger charge is 2.34. The average Bonchev–Trinajstić information content (AvgIpc) is 3.79. The molecular formula is C64H39F6N5. The molecule has 0 spiro atoms. The van der Waals surface area contributed by atoms with Gasteiger partial charge in [0.05, 0.1) is 57.4 Å². The fraction of sp³-hybridized carbons (Fsp3) is 0.0625. The highest BCUT2D eigenvalue weighted by Crippen LogP contribution is 2.47. The van der Waals surface area contributed by atoms with E-state index in [2.05, 4.69) is 15.5 Å². The first-order valence-corrected chi connectivity index (χ1v) is 23.8. The number of aryl methyl sites for hydroxylation is 2. The zero-order valence-electron chi connectivity index (χ0n) is 40.1. The number of benzene rings is 9. The van der Waals surface area contributed by atoms with E-state index in [1.54, 1.807) is 62.4 Å². The van der Waals surface area contributed by atoms with Gasteiger partial charge in [0.1, 0.15) is 0 Å². The molecule has 0 N–H and O–H groups in total. The van der Waals surface area contributed by atoms with Gasteiger partial charge in [-0.2, -0.15) is 31.6 Å². The summed E-state index contributed by atoms with van der Waals surface area (Å²) in [7, 11) is 0. The molecule has 2 heterocycles. The molecule has 11 aromatic rings. The van der Waals surface area contributed by atoms with Gasteiger partial charge in [-0.1, -0.05) is 133 Å². The SMILES string of the molecule is [C-]#[N+]c1ccc(-c2cc(-c3cc(-c4ccccc4)nc(-c4ccccc4)n3)cc(-c3ccc(C#N)cc3)c2-n2c3ccc(-c4ccc(C(F)(F)F)cc4C)cc3c3cc(-c4ccc(C)cc4C(F)(F)F)ccc32)cc1. The maximum Gasteiger partial charge on any atom is 0.417 e. The minimum Gasteiger partial charge on any atom is -0.308 e. The van der Waals surface area contributed by atoms with E-state index >= 15 is 0 Å². The summed E-state index contributed by atoms with van der Waals surface area (Å²) in [6.45, 7) is 11.0. The van der Waals surface area contributed by atoms with Gasteiger partial charge in [-0.25, -0.2) is 14.8 Å². The first-order valence-electron chi connectivity index (χ1n) is 23.8. The first kappa shape index (κ1) is 47.7. The van der Waals surface area contributed by atoms with Crippen LogP contribution in [0.5, 0.6) is 0 Å². The van der Waals surface area contributed by atoms with Gasteiger partial charge in [0, 0.05) is 38.6 Å². The quantitative estimate of drug-likeness (QED) is 0.113. The Balaban J connectivity index is 1.26. The van der Waals surface area contributed by atoms with Gasteiger partial charge in [-0.15, -0.1) is 0 Å². The van der Waals surface area contributed by atoms with Crippen molar-refractivity contribution in [3.8, 4) is 90.2 Å². The summed E-state index contributed by atoms with van der Waals surface area (Å²) >= 11 is 0. The molecule has 11 heteroatoms. The molecule has 0 saturated carbocycles. The van der Waals surface area contributed by atoms with E-state index in [1.807, 2.05) is 121 Å². The number of nitrogens with zero attached hydrogens (tertiary/aromatic N) is 5. The summed E-state index contributed by atoms with van der Waals surface area (Å²) in [5.41, 5.74) is 10.1. The van der Waals surface area contributed by atoms with Gasteiger partial charge < -0.3 is 4.57 Å². The Hall–Kier alpha value is -9.58. The lowest BCUT2D eigenvalue weighted by Gasteiger charge is -2.22. The average molecular weight is 992 g/mol. The number of nitriles is 1. The van der Waals surface area contributed by atoms with Crippen molar-refractivity contribution in [2.24, 2.45) is 0 Å². The Kier molecular flexibility index (Phi) is 12.0. The molecule has 0 saturated heterocycles. The molecule has 5 nitrogen and oxygen atoms in total. The zero-order valence-corrected chi connectivity index (χ0v) is 40.1. The largest absolute Gasteiger partial charge is 0.417 e. The third kappa shape index (κ3) is 9.06. The summed E-state index contributed by atoms with van der Waals surface area (Å²) in [4.78, 5) is 13.9. The molecule has 0 bridgehead atoms. The third-order valence-electron chi connectivity index (χ3n) is 13.5. The van der Waals surface area contributed by atoms with Gasteiger partial charge in [-0.05, 0) is 126 Å². The minimum absolute atomic E-state index is 0.0107. The van der Waals surface area contributed by atoms with Crippen LogP contribution in [0, 0.1) is 31.8 Å². The molecule has 11 rings (SSSR count). The van der Waals surface area contributed by atoms with Crippen molar-refractivity contribution in [1.82, 2.24) is 14.5 Å². The summed E-state index contributed by atoms with van der Waals surface area (Å²) < 4.78 is 88.4. The maximum absolute atomic E-state index is 14.8. The molecule has 0 aliphatic rings. The molecule has 0 atom stereocenters. The monoisotopic (exact) mass is 991 g/mol. The van der Waals surface area contributed by atoms with Crippen LogP contribution in [0.25, 0.3) is 111 Å². The van der Waals surface area contributed by atoms with Crippen LogP contribution in [0.3, 0.4) is 0 Å². The number of fused-ring (bicyclic) bond motifs is 3. The van der Waals surface area contributed by atoms with Gasteiger partial charge >= 0.3 is 12.4 Å². The number of alkyl halides is 6.